The van der Waals surface area contributed by atoms with Gasteiger partial charge in [0.15, 0.2) is 0 Å². The van der Waals surface area contributed by atoms with Gasteiger partial charge in [-0.1, -0.05) is 19.8 Å². The summed E-state index contributed by atoms with van der Waals surface area (Å²) in [6.07, 6.45) is 2.25. The molecule has 0 radical (unpaired) electrons. The summed E-state index contributed by atoms with van der Waals surface area (Å²) in [5.74, 6) is -3.45. The Morgan fingerprint density at radius 3 is 2.21 bits per heavy atom. The van der Waals surface area contributed by atoms with Crippen molar-refractivity contribution in [2.45, 2.75) is 32.6 Å². The summed E-state index contributed by atoms with van der Waals surface area (Å²) < 4.78 is 0. The molecule has 0 heterocycles. The summed E-state index contributed by atoms with van der Waals surface area (Å²) in [5, 5.41) is 21.5. The van der Waals surface area contributed by atoms with E-state index >= 15 is 0 Å². The molecule has 74 valence electrons. The van der Waals surface area contributed by atoms with Crippen molar-refractivity contribution >= 4 is 60.8 Å². The Hall–Kier alpha value is 0.511. The van der Waals surface area contributed by atoms with Gasteiger partial charge in [-0.2, -0.15) is 0 Å². The standard InChI is InChI=1S/C9H14O4.Ba/c1-9(8(12)13)5-3-2-4-6(9)7(10)11;/h6H,2-5H2,1H3,(H,10,11)(H,12,13);/q;+2/p-2. The summed E-state index contributed by atoms with van der Waals surface area (Å²) in [4.78, 5) is 21.5. The summed E-state index contributed by atoms with van der Waals surface area (Å²) >= 11 is 0. The van der Waals surface area contributed by atoms with Crippen molar-refractivity contribution in [3.8, 4) is 0 Å². The second kappa shape index (κ2) is 5.56. The van der Waals surface area contributed by atoms with Crippen LogP contribution in [0.25, 0.3) is 0 Å². The van der Waals surface area contributed by atoms with Gasteiger partial charge in [-0.05, 0) is 12.8 Å². The Kier molecular flexibility index (Phi) is 5.76. The molecule has 0 aromatic heterocycles. The predicted octanol–water partition coefficient (Wildman–Crippen LogP) is -1.70. The van der Waals surface area contributed by atoms with E-state index in [0.717, 1.165) is 12.8 Å². The van der Waals surface area contributed by atoms with E-state index in [1.165, 1.54) is 6.92 Å². The van der Waals surface area contributed by atoms with E-state index in [2.05, 4.69) is 0 Å². The molecule has 0 aromatic rings. The smallest absolute Gasteiger partial charge is 0.550 e. The maximum atomic E-state index is 10.8. The average Bonchev–Trinajstić information content (AvgIpc) is 2.04. The quantitative estimate of drug-likeness (QED) is 0.568. The monoisotopic (exact) mass is 322 g/mol. The Morgan fingerprint density at radius 1 is 1.29 bits per heavy atom. The number of hydrogen-bond donors (Lipinski definition) is 0. The maximum absolute atomic E-state index is 10.8. The van der Waals surface area contributed by atoms with Gasteiger partial charge in [0, 0.05) is 23.3 Å². The molecule has 0 saturated heterocycles. The average molecular weight is 322 g/mol. The number of aliphatic carboxylic acids is 2. The van der Waals surface area contributed by atoms with Gasteiger partial charge in [0.05, 0.1) is 0 Å². The minimum absolute atomic E-state index is 0. The van der Waals surface area contributed by atoms with Crippen LogP contribution in [0.1, 0.15) is 32.6 Å². The minimum atomic E-state index is -1.28. The predicted molar refractivity (Wildman–Crippen MR) is 45.8 cm³/mol. The van der Waals surface area contributed by atoms with Crippen LogP contribution in [-0.2, 0) is 9.59 Å². The van der Waals surface area contributed by atoms with Gasteiger partial charge in [-0.3, -0.25) is 0 Å². The Bertz CT molecular complexity index is 241. The van der Waals surface area contributed by atoms with Crippen LogP contribution in [0, 0.1) is 11.3 Å². The Labute approximate surface area is 123 Å². The molecule has 4 nitrogen and oxygen atoms in total. The fourth-order valence-corrected chi connectivity index (χ4v) is 1.96. The van der Waals surface area contributed by atoms with Gasteiger partial charge in [0.2, 0.25) is 0 Å². The van der Waals surface area contributed by atoms with Crippen LogP contribution in [0.4, 0.5) is 0 Å². The second-order valence-corrected chi connectivity index (χ2v) is 3.82. The van der Waals surface area contributed by atoms with Crippen molar-refractivity contribution in [2.24, 2.45) is 11.3 Å². The summed E-state index contributed by atoms with van der Waals surface area (Å²) in [6, 6.07) is 0. The van der Waals surface area contributed by atoms with Crippen molar-refractivity contribution in [1.29, 1.82) is 0 Å². The van der Waals surface area contributed by atoms with Crippen molar-refractivity contribution in [3.05, 3.63) is 0 Å². The molecule has 1 fully saturated rings. The molecule has 1 saturated carbocycles. The van der Waals surface area contributed by atoms with Gasteiger partial charge >= 0.3 is 48.9 Å². The molecule has 0 amide bonds. The first-order valence-corrected chi connectivity index (χ1v) is 4.41. The molecule has 0 aromatic carbocycles. The molecule has 0 N–H and O–H groups in total. The maximum Gasteiger partial charge on any atom is 2.00 e. The number of carboxylic acid groups (broad SMARTS) is 2. The number of carbonyl (C=O) groups excluding carboxylic acids is 2. The van der Waals surface area contributed by atoms with Crippen molar-refractivity contribution in [3.63, 3.8) is 0 Å². The number of carboxylic acids is 2. The molecule has 2 unspecified atom stereocenters. The second-order valence-electron chi connectivity index (χ2n) is 3.82. The SMILES string of the molecule is CC1(C(=O)[O-])CCCCC1C(=O)[O-].[Ba+2]. The third-order valence-corrected chi connectivity index (χ3v) is 2.96. The first kappa shape index (κ1) is 14.5. The minimum Gasteiger partial charge on any atom is -0.550 e. The molecular formula is C9H12BaO4. The van der Waals surface area contributed by atoms with E-state index in [4.69, 9.17) is 0 Å². The molecule has 1 rings (SSSR count). The van der Waals surface area contributed by atoms with E-state index in [9.17, 15) is 19.8 Å². The van der Waals surface area contributed by atoms with Crippen molar-refractivity contribution in [2.75, 3.05) is 0 Å². The van der Waals surface area contributed by atoms with E-state index < -0.39 is 23.3 Å². The van der Waals surface area contributed by atoms with Crippen LogP contribution < -0.4 is 10.2 Å². The first-order valence-electron chi connectivity index (χ1n) is 4.41. The van der Waals surface area contributed by atoms with Crippen LogP contribution in [0.3, 0.4) is 0 Å². The normalized spacial score (nSPS) is 31.6. The number of carbonyl (C=O) groups is 2. The number of rotatable bonds is 2. The van der Waals surface area contributed by atoms with Crippen LogP contribution in [0.2, 0.25) is 0 Å². The van der Waals surface area contributed by atoms with Crippen molar-refractivity contribution in [1.82, 2.24) is 0 Å². The van der Waals surface area contributed by atoms with Crippen LogP contribution >= 0.6 is 0 Å². The zero-order valence-corrected chi connectivity index (χ0v) is 12.7. The molecule has 0 spiro atoms. The van der Waals surface area contributed by atoms with E-state index in [1.807, 2.05) is 0 Å². The third-order valence-electron chi connectivity index (χ3n) is 2.96. The van der Waals surface area contributed by atoms with Gasteiger partial charge in [-0.15, -0.1) is 0 Å². The molecule has 0 bridgehead atoms. The molecule has 1 aliphatic rings. The summed E-state index contributed by atoms with van der Waals surface area (Å²) in [5.41, 5.74) is -1.24. The van der Waals surface area contributed by atoms with Crippen molar-refractivity contribution < 1.29 is 19.8 Å². The molecule has 5 heteroatoms. The van der Waals surface area contributed by atoms with Gasteiger partial charge in [0.1, 0.15) is 0 Å². The summed E-state index contributed by atoms with van der Waals surface area (Å²) in [6.45, 7) is 1.43. The molecular weight excluding hydrogens is 309 g/mol. The van der Waals surface area contributed by atoms with E-state index in [-0.39, 0.29) is 48.9 Å². The molecule has 0 aliphatic heterocycles. The first-order chi connectivity index (χ1) is 5.98. The molecule has 1 aliphatic carbocycles. The van der Waals surface area contributed by atoms with Gasteiger partial charge in [-0.25, -0.2) is 0 Å². The summed E-state index contributed by atoms with van der Waals surface area (Å²) in [7, 11) is 0. The topological polar surface area (TPSA) is 80.3 Å². The van der Waals surface area contributed by atoms with Gasteiger partial charge < -0.3 is 19.8 Å². The van der Waals surface area contributed by atoms with E-state index in [0.29, 0.717) is 12.8 Å². The van der Waals surface area contributed by atoms with Crippen LogP contribution in [0.15, 0.2) is 0 Å². The Morgan fingerprint density at radius 2 is 1.86 bits per heavy atom. The fraction of sp³-hybridized carbons (Fsp3) is 0.778. The zero-order valence-electron chi connectivity index (χ0n) is 8.25. The molecule has 14 heavy (non-hydrogen) atoms. The third kappa shape index (κ3) is 2.76. The van der Waals surface area contributed by atoms with Crippen LogP contribution in [-0.4, -0.2) is 60.8 Å². The van der Waals surface area contributed by atoms with E-state index in [1.54, 1.807) is 0 Å². The Balaban J connectivity index is 0.00000169. The molecule has 2 atom stereocenters. The van der Waals surface area contributed by atoms with Gasteiger partial charge in [0.25, 0.3) is 0 Å². The largest absolute Gasteiger partial charge is 2.00 e. The zero-order chi connectivity index (χ0) is 10.1. The number of hydrogen-bond acceptors (Lipinski definition) is 4. The fourth-order valence-electron chi connectivity index (χ4n) is 1.96. The van der Waals surface area contributed by atoms with Crippen LogP contribution in [0.5, 0.6) is 0 Å².